The third-order valence-corrected chi connectivity index (χ3v) is 2.73. The van der Waals surface area contributed by atoms with Gasteiger partial charge in [0.1, 0.15) is 0 Å². The molecule has 7 heteroatoms. The fourth-order valence-corrected chi connectivity index (χ4v) is 1.71. The molecule has 1 aromatic carbocycles. The van der Waals surface area contributed by atoms with Crippen molar-refractivity contribution >= 4 is 27.6 Å². The molecule has 1 aromatic rings. The second-order valence-corrected chi connectivity index (χ2v) is 3.84. The number of benzene rings is 1. The number of ether oxygens (including phenoxy) is 1. The number of urea groups is 1. The highest BCUT2D eigenvalue weighted by Gasteiger charge is 2.15. The van der Waals surface area contributed by atoms with Gasteiger partial charge in [0.2, 0.25) is 0 Å². The number of rotatable bonds is 3. The van der Waals surface area contributed by atoms with Gasteiger partial charge in [-0.2, -0.15) is 0 Å². The quantitative estimate of drug-likeness (QED) is 0.437. The van der Waals surface area contributed by atoms with E-state index in [2.05, 4.69) is 15.9 Å². The van der Waals surface area contributed by atoms with Crippen molar-refractivity contribution in [1.29, 1.82) is 0 Å². The lowest BCUT2D eigenvalue weighted by atomic mass is 10.2. The molecule has 2 amide bonds. The van der Waals surface area contributed by atoms with Crippen LogP contribution in [0.4, 0.5) is 10.5 Å². The molecule has 1 rings (SSSR count). The van der Waals surface area contributed by atoms with Crippen molar-refractivity contribution in [2.24, 2.45) is 11.7 Å². The Morgan fingerprint density at radius 1 is 1.62 bits per heavy atom. The minimum Gasteiger partial charge on any atom is -0.380 e. The fraction of sp³-hybridized carbons (Fsp3) is 0.222. The summed E-state index contributed by atoms with van der Waals surface area (Å²) in [5, 5.41) is 0.930. The van der Waals surface area contributed by atoms with Crippen LogP contribution in [0.1, 0.15) is 5.56 Å². The van der Waals surface area contributed by atoms with Crippen molar-refractivity contribution in [2.45, 2.75) is 6.61 Å². The predicted octanol–water partition coefficient (Wildman–Crippen LogP) is 0.859. The molecule has 0 aliphatic rings. The Bertz CT molecular complexity index is 386. The molecule has 0 spiro atoms. The van der Waals surface area contributed by atoms with Crippen LogP contribution in [-0.4, -0.2) is 13.1 Å². The molecule has 0 aliphatic heterocycles. The zero-order valence-electron chi connectivity index (χ0n) is 8.74. The maximum atomic E-state index is 11.3. The number of hydrogen-bond acceptors (Lipinski definition) is 4. The van der Waals surface area contributed by atoms with Crippen LogP contribution in [0.2, 0.25) is 0 Å². The molecule has 0 heterocycles. The Morgan fingerprint density at radius 3 is 2.88 bits per heavy atom. The first-order chi connectivity index (χ1) is 7.61. The first kappa shape index (κ1) is 12.9. The van der Waals surface area contributed by atoms with Crippen molar-refractivity contribution in [3.8, 4) is 0 Å². The molecule has 0 saturated carbocycles. The highest BCUT2D eigenvalue weighted by molar-refractivity contribution is 9.10. The van der Waals surface area contributed by atoms with Gasteiger partial charge in [0.25, 0.3) is 0 Å². The summed E-state index contributed by atoms with van der Waals surface area (Å²) in [5.41, 5.74) is 3.26. The number of anilines is 1. The molecule has 0 fully saturated rings. The standard InChI is InChI=1S/C9H13BrN4O2/c1-16-5-6-7(10)3-2-4-8(6)14(12)9(15)13-11/h2-4H,5,11-12H2,1H3,(H,13,15). The minimum absolute atomic E-state index is 0.336. The van der Waals surface area contributed by atoms with E-state index in [1.54, 1.807) is 19.2 Å². The molecule has 0 aliphatic carbocycles. The number of halogens is 1. The Balaban J connectivity index is 3.11. The molecule has 0 radical (unpaired) electrons. The van der Waals surface area contributed by atoms with E-state index >= 15 is 0 Å². The number of nitrogens with one attached hydrogen (secondary N) is 1. The van der Waals surface area contributed by atoms with E-state index in [-0.39, 0.29) is 0 Å². The summed E-state index contributed by atoms with van der Waals surface area (Å²) in [6, 6.07) is 4.71. The summed E-state index contributed by atoms with van der Waals surface area (Å²) in [5.74, 6) is 10.6. The first-order valence-electron chi connectivity index (χ1n) is 4.43. The fourth-order valence-electron chi connectivity index (χ4n) is 1.24. The van der Waals surface area contributed by atoms with Crippen LogP contribution in [0.3, 0.4) is 0 Å². The molecule has 0 aromatic heterocycles. The molecule has 6 nitrogen and oxygen atoms in total. The summed E-state index contributed by atoms with van der Waals surface area (Å²) in [6.07, 6.45) is 0. The van der Waals surface area contributed by atoms with Gasteiger partial charge in [-0.1, -0.05) is 22.0 Å². The highest BCUT2D eigenvalue weighted by atomic mass is 79.9. The van der Waals surface area contributed by atoms with E-state index in [4.69, 9.17) is 16.4 Å². The summed E-state index contributed by atoms with van der Waals surface area (Å²) in [6.45, 7) is 0.336. The van der Waals surface area contributed by atoms with Gasteiger partial charge in [-0.3, -0.25) is 5.43 Å². The topological polar surface area (TPSA) is 93.6 Å². The average molecular weight is 289 g/mol. The Labute approximate surface area is 102 Å². The number of nitrogens with two attached hydrogens (primary N) is 2. The molecule has 0 bridgehead atoms. The molecular weight excluding hydrogens is 276 g/mol. The Morgan fingerprint density at radius 2 is 2.31 bits per heavy atom. The third-order valence-electron chi connectivity index (χ3n) is 1.98. The van der Waals surface area contributed by atoms with Crippen LogP contribution in [0.25, 0.3) is 0 Å². The number of carbonyl (C=O) groups is 1. The van der Waals surface area contributed by atoms with Gasteiger partial charge in [-0.05, 0) is 12.1 Å². The molecule has 88 valence electrons. The third kappa shape index (κ3) is 2.70. The average Bonchev–Trinajstić information content (AvgIpc) is 2.30. The van der Waals surface area contributed by atoms with Crippen molar-refractivity contribution in [3.63, 3.8) is 0 Å². The molecule has 0 unspecified atom stereocenters. The molecule has 5 N–H and O–H groups in total. The Hall–Kier alpha value is -1.15. The summed E-state index contributed by atoms with van der Waals surface area (Å²) in [4.78, 5) is 11.3. The first-order valence-corrected chi connectivity index (χ1v) is 5.22. The maximum absolute atomic E-state index is 11.3. The number of amides is 2. The number of nitrogens with zero attached hydrogens (tertiary/aromatic N) is 1. The SMILES string of the molecule is COCc1c(Br)cccc1N(N)C(=O)NN. The van der Waals surface area contributed by atoms with E-state index in [1.807, 2.05) is 11.5 Å². The minimum atomic E-state index is -0.601. The van der Waals surface area contributed by atoms with Gasteiger partial charge in [-0.15, -0.1) is 0 Å². The van der Waals surface area contributed by atoms with Crippen LogP contribution in [-0.2, 0) is 11.3 Å². The summed E-state index contributed by atoms with van der Waals surface area (Å²) >= 11 is 3.36. The summed E-state index contributed by atoms with van der Waals surface area (Å²) in [7, 11) is 1.56. The molecule has 16 heavy (non-hydrogen) atoms. The van der Waals surface area contributed by atoms with Crippen molar-refractivity contribution < 1.29 is 9.53 Å². The molecule has 0 atom stereocenters. The predicted molar refractivity (Wildman–Crippen MR) is 64.2 cm³/mol. The number of carbonyl (C=O) groups excluding carboxylic acids is 1. The number of methoxy groups -OCH3 is 1. The zero-order valence-corrected chi connectivity index (χ0v) is 10.3. The second-order valence-electron chi connectivity index (χ2n) is 2.99. The van der Waals surface area contributed by atoms with Crippen molar-refractivity contribution in [1.82, 2.24) is 5.43 Å². The lowest BCUT2D eigenvalue weighted by molar-refractivity contribution is 0.184. The largest absolute Gasteiger partial charge is 0.380 e. The van der Waals surface area contributed by atoms with Gasteiger partial charge < -0.3 is 4.74 Å². The molecular formula is C9H13BrN4O2. The van der Waals surface area contributed by atoms with Crippen LogP contribution in [0.15, 0.2) is 22.7 Å². The monoisotopic (exact) mass is 288 g/mol. The van der Waals surface area contributed by atoms with Crippen LogP contribution >= 0.6 is 15.9 Å². The smallest absolute Gasteiger partial charge is 0.350 e. The second kappa shape index (κ2) is 5.80. The lowest BCUT2D eigenvalue weighted by Gasteiger charge is -2.19. The summed E-state index contributed by atoms with van der Waals surface area (Å²) < 4.78 is 5.85. The van der Waals surface area contributed by atoms with Gasteiger partial charge in [0.15, 0.2) is 0 Å². The van der Waals surface area contributed by atoms with E-state index in [1.165, 1.54) is 0 Å². The van der Waals surface area contributed by atoms with Gasteiger partial charge in [0, 0.05) is 17.1 Å². The van der Waals surface area contributed by atoms with Crippen LogP contribution < -0.4 is 22.1 Å². The molecule has 0 saturated heterocycles. The van der Waals surface area contributed by atoms with E-state index in [9.17, 15) is 4.79 Å². The van der Waals surface area contributed by atoms with E-state index < -0.39 is 6.03 Å². The number of hydrogen-bond donors (Lipinski definition) is 3. The maximum Gasteiger partial charge on any atom is 0.350 e. The highest BCUT2D eigenvalue weighted by Crippen LogP contribution is 2.27. The Kier molecular flexibility index (Phi) is 4.69. The van der Waals surface area contributed by atoms with E-state index in [0.717, 1.165) is 15.0 Å². The van der Waals surface area contributed by atoms with Gasteiger partial charge >= 0.3 is 6.03 Å². The van der Waals surface area contributed by atoms with E-state index in [0.29, 0.717) is 12.3 Å². The van der Waals surface area contributed by atoms with Crippen LogP contribution in [0, 0.1) is 0 Å². The zero-order chi connectivity index (χ0) is 12.1. The van der Waals surface area contributed by atoms with Crippen LogP contribution in [0.5, 0.6) is 0 Å². The lowest BCUT2D eigenvalue weighted by Crippen LogP contribution is -2.48. The number of hydrazine groups is 2. The van der Waals surface area contributed by atoms with Gasteiger partial charge in [0.05, 0.1) is 12.3 Å². The van der Waals surface area contributed by atoms with Gasteiger partial charge in [-0.25, -0.2) is 21.5 Å². The van der Waals surface area contributed by atoms with Crippen molar-refractivity contribution in [2.75, 3.05) is 12.1 Å². The van der Waals surface area contributed by atoms with Crippen molar-refractivity contribution in [3.05, 3.63) is 28.2 Å². The normalized spacial score (nSPS) is 10.0.